The molecule has 0 radical (unpaired) electrons. The molecule has 0 spiro atoms. The summed E-state index contributed by atoms with van der Waals surface area (Å²) in [5.41, 5.74) is 0.996. The number of rotatable bonds is 4. The minimum absolute atomic E-state index is 0.412. The first-order valence-electron chi connectivity index (χ1n) is 7.39. The zero-order valence-electron chi connectivity index (χ0n) is 11.9. The van der Waals surface area contributed by atoms with E-state index in [9.17, 15) is 9.90 Å². The predicted molar refractivity (Wildman–Crippen MR) is 81.2 cm³/mol. The molecular formula is C16H19N3O2. The Hall–Kier alpha value is -2.17. The number of fused-ring (bicyclic) bond motifs is 1. The average Bonchev–Trinajstić information content (AvgIpc) is 2.53. The zero-order chi connectivity index (χ0) is 14.7. The molecule has 0 atom stereocenters. The highest BCUT2D eigenvalue weighted by Crippen LogP contribution is 2.36. The van der Waals surface area contributed by atoms with E-state index in [-0.39, 0.29) is 0 Å². The topological polar surface area (TPSA) is 75.1 Å². The first-order valence-corrected chi connectivity index (χ1v) is 7.39. The van der Waals surface area contributed by atoms with Crippen LogP contribution in [0.5, 0.6) is 0 Å². The molecule has 1 aliphatic carbocycles. The Morgan fingerprint density at radius 3 is 2.62 bits per heavy atom. The lowest BCUT2D eigenvalue weighted by Gasteiger charge is -2.33. The molecular weight excluding hydrogens is 266 g/mol. The number of aromatic nitrogens is 2. The van der Waals surface area contributed by atoms with Crippen LogP contribution in [-0.2, 0) is 4.79 Å². The van der Waals surface area contributed by atoms with Gasteiger partial charge in [0.25, 0.3) is 0 Å². The van der Waals surface area contributed by atoms with Crippen molar-refractivity contribution in [2.24, 2.45) is 5.41 Å². The Morgan fingerprint density at radius 2 is 1.90 bits per heavy atom. The Balaban J connectivity index is 1.76. The molecule has 3 rings (SSSR count). The van der Waals surface area contributed by atoms with Crippen molar-refractivity contribution in [3.63, 3.8) is 0 Å². The van der Waals surface area contributed by atoms with Crippen LogP contribution in [0.15, 0.2) is 30.5 Å². The normalized spacial score (nSPS) is 17.5. The fourth-order valence-electron chi connectivity index (χ4n) is 3.00. The third-order valence-electron chi connectivity index (χ3n) is 4.32. The van der Waals surface area contributed by atoms with E-state index in [4.69, 9.17) is 0 Å². The highest BCUT2D eigenvalue weighted by Gasteiger charge is 2.39. The molecule has 0 bridgehead atoms. The molecule has 1 aliphatic rings. The number of carboxylic acids is 1. The molecule has 1 fully saturated rings. The second-order valence-corrected chi connectivity index (χ2v) is 5.74. The number of benzene rings is 1. The minimum atomic E-state index is -0.705. The van der Waals surface area contributed by atoms with Crippen molar-refractivity contribution in [1.82, 2.24) is 9.97 Å². The van der Waals surface area contributed by atoms with Crippen molar-refractivity contribution in [2.45, 2.75) is 32.1 Å². The number of hydrogen-bond donors (Lipinski definition) is 2. The first kappa shape index (κ1) is 13.8. The lowest BCUT2D eigenvalue weighted by Crippen LogP contribution is -2.39. The molecule has 0 aliphatic heterocycles. The Labute approximate surface area is 123 Å². The monoisotopic (exact) mass is 285 g/mol. The molecule has 110 valence electrons. The van der Waals surface area contributed by atoms with Gasteiger partial charge in [-0.3, -0.25) is 9.78 Å². The van der Waals surface area contributed by atoms with E-state index >= 15 is 0 Å². The van der Waals surface area contributed by atoms with Gasteiger partial charge in [-0.05, 0) is 25.0 Å². The van der Waals surface area contributed by atoms with Crippen LogP contribution < -0.4 is 5.32 Å². The lowest BCUT2D eigenvalue weighted by molar-refractivity contribution is -0.150. The number of carboxylic acid groups (broad SMARTS) is 1. The largest absolute Gasteiger partial charge is 0.481 e. The van der Waals surface area contributed by atoms with Gasteiger partial charge in [-0.25, -0.2) is 4.98 Å². The van der Waals surface area contributed by atoms with Gasteiger partial charge in [-0.2, -0.15) is 0 Å². The molecule has 0 amide bonds. The van der Waals surface area contributed by atoms with Crippen LogP contribution in [0, 0.1) is 5.41 Å². The van der Waals surface area contributed by atoms with Crippen LogP contribution >= 0.6 is 0 Å². The summed E-state index contributed by atoms with van der Waals surface area (Å²) < 4.78 is 0. The number of carbonyl (C=O) groups is 1. The molecule has 1 saturated carbocycles. The fourth-order valence-corrected chi connectivity index (χ4v) is 3.00. The second kappa shape index (κ2) is 5.68. The maximum atomic E-state index is 11.6. The molecule has 5 nitrogen and oxygen atoms in total. The van der Waals surface area contributed by atoms with Crippen molar-refractivity contribution in [3.8, 4) is 0 Å². The Bertz CT molecular complexity index is 651. The highest BCUT2D eigenvalue weighted by molar-refractivity contribution is 5.77. The van der Waals surface area contributed by atoms with Crippen LogP contribution in [-0.4, -0.2) is 27.6 Å². The Morgan fingerprint density at radius 1 is 1.19 bits per heavy atom. The average molecular weight is 285 g/mol. The van der Waals surface area contributed by atoms with Gasteiger partial charge >= 0.3 is 5.97 Å². The second-order valence-electron chi connectivity index (χ2n) is 5.74. The quantitative estimate of drug-likeness (QED) is 0.903. The molecule has 5 heteroatoms. The maximum Gasteiger partial charge on any atom is 0.311 e. The van der Waals surface area contributed by atoms with Gasteiger partial charge in [0, 0.05) is 6.54 Å². The molecule has 0 unspecified atom stereocenters. The van der Waals surface area contributed by atoms with Gasteiger partial charge in [0.15, 0.2) is 0 Å². The molecule has 0 saturated heterocycles. The van der Waals surface area contributed by atoms with E-state index in [1.54, 1.807) is 6.20 Å². The zero-order valence-corrected chi connectivity index (χ0v) is 11.9. The maximum absolute atomic E-state index is 11.6. The summed E-state index contributed by atoms with van der Waals surface area (Å²) in [6.45, 7) is 0.412. The highest BCUT2D eigenvalue weighted by atomic mass is 16.4. The molecule has 21 heavy (non-hydrogen) atoms. The predicted octanol–water partition coefficient (Wildman–Crippen LogP) is 3.08. The van der Waals surface area contributed by atoms with Crippen molar-refractivity contribution in [3.05, 3.63) is 30.5 Å². The third kappa shape index (κ3) is 2.82. The van der Waals surface area contributed by atoms with Crippen LogP contribution in [0.1, 0.15) is 32.1 Å². The molecule has 1 aromatic heterocycles. The van der Waals surface area contributed by atoms with Gasteiger partial charge in [0.05, 0.1) is 22.6 Å². The van der Waals surface area contributed by atoms with Gasteiger partial charge in [-0.15, -0.1) is 0 Å². The van der Waals surface area contributed by atoms with Gasteiger partial charge < -0.3 is 10.4 Å². The number of aliphatic carboxylic acids is 1. The smallest absolute Gasteiger partial charge is 0.311 e. The van der Waals surface area contributed by atoms with E-state index < -0.39 is 11.4 Å². The van der Waals surface area contributed by atoms with Crippen LogP contribution in [0.2, 0.25) is 0 Å². The summed E-state index contributed by atoms with van der Waals surface area (Å²) in [5.74, 6) is -0.0663. The summed E-state index contributed by atoms with van der Waals surface area (Å²) >= 11 is 0. The number of nitrogens with zero attached hydrogens (tertiary/aromatic N) is 2. The van der Waals surface area contributed by atoms with Gasteiger partial charge in [-0.1, -0.05) is 31.4 Å². The number of para-hydroxylation sites is 2. The molecule has 2 N–H and O–H groups in total. The van der Waals surface area contributed by atoms with E-state index in [2.05, 4.69) is 15.3 Å². The summed E-state index contributed by atoms with van der Waals surface area (Å²) in [6, 6.07) is 7.65. The standard InChI is InChI=1S/C16H19N3O2/c20-15(21)16(8-4-1-5-9-16)11-18-14-10-17-12-6-2-3-7-13(12)19-14/h2-3,6-7,10H,1,4-5,8-9,11H2,(H,18,19)(H,20,21). The van der Waals surface area contributed by atoms with Crippen LogP contribution in [0.3, 0.4) is 0 Å². The van der Waals surface area contributed by atoms with E-state index in [1.165, 1.54) is 0 Å². The van der Waals surface area contributed by atoms with Crippen molar-refractivity contribution < 1.29 is 9.90 Å². The van der Waals surface area contributed by atoms with E-state index in [0.29, 0.717) is 12.4 Å². The van der Waals surface area contributed by atoms with Crippen molar-refractivity contribution >= 4 is 22.8 Å². The summed E-state index contributed by atoms with van der Waals surface area (Å²) in [7, 11) is 0. The minimum Gasteiger partial charge on any atom is -0.481 e. The SMILES string of the molecule is O=C(O)C1(CNc2cnc3ccccc3n2)CCCCC1. The number of anilines is 1. The van der Waals surface area contributed by atoms with Crippen molar-refractivity contribution in [1.29, 1.82) is 0 Å². The molecule has 2 aromatic rings. The summed E-state index contributed by atoms with van der Waals surface area (Å²) in [6.07, 6.45) is 6.23. The Kier molecular flexibility index (Phi) is 3.73. The fraction of sp³-hybridized carbons (Fsp3) is 0.438. The van der Waals surface area contributed by atoms with Crippen LogP contribution in [0.25, 0.3) is 11.0 Å². The lowest BCUT2D eigenvalue weighted by atomic mass is 9.74. The summed E-state index contributed by atoms with van der Waals surface area (Å²) in [4.78, 5) is 20.5. The number of nitrogens with one attached hydrogen (secondary N) is 1. The van der Waals surface area contributed by atoms with E-state index in [0.717, 1.165) is 43.1 Å². The van der Waals surface area contributed by atoms with Gasteiger partial charge in [0.2, 0.25) is 0 Å². The third-order valence-corrected chi connectivity index (χ3v) is 4.32. The van der Waals surface area contributed by atoms with Crippen molar-refractivity contribution in [2.75, 3.05) is 11.9 Å². The number of hydrogen-bond acceptors (Lipinski definition) is 4. The van der Waals surface area contributed by atoms with Gasteiger partial charge in [0.1, 0.15) is 5.82 Å². The summed E-state index contributed by atoms with van der Waals surface area (Å²) in [5, 5.41) is 12.7. The van der Waals surface area contributed by atoms with Crippen LogP contribution in [0.4, 0.5) is 5.82 Å². The molecule has 1 heterocycles. The molecule has 1 aromatic carbocycles. The van der Waals surface area contributed by atoms with E-state index in [1.807, 2.05) is 24.3 Å². The first-order chi connectivity index (χ1) is 10.2.